The Bertz CT molecular complexity index is 1550. The van der Waals surface area contributed by atoms with Crippen molar-refractivity contribution in [3.8, 4) is 17.6 Å². The first kappa shape index (κ1) is 28.4. The molecule has 1 amide bonds. The zero-order valence-corrected chi connectivity index (χ0v) is 23.3. The second kappa shape index (κ2) is 13.4. The maximum Gasteiger partial charge on any atom is 0.266 e. The van der Waals surface area contributed by atoms with Crippen LogP contribution < -0.4 is 14.8 Å². The fourth-order valence-corrected chi connectivity index (χ4v) is 4.19. The van der Waals surface area contributed by atoms with Gasteiger partial charge in [0.25, 0.3) is 5.91 Å². The SMILES string of the molecule is N#C/C(=C\c1ccc(OCc2ccc(Cl)c(Cl)c2)cc1)C(=O)Nc1ccc(OCc2ccc(Cl)cc2Cl)cc1. The molecule has 0 heterocycles. The first-order valence-electron chi connectivity index (χ1n) is 11.6. The zero-order chi connectivity index (χ0) is 27.8. The number of anilines is 1. The van der Waals surface area contributed by atoms with Crippen molar-refractivity contribution in [3.63, 3.8) is 0 Å². The van der Waals surface area contributed by atoms with Gasteiger partial charge < -0.3 is 14.8 Å². The van der Waals surface area contributed by atoms with Crippen LogP contribution in [0.5, 0.6) is 11.5 Å². The number of rotatable bonds is 9. The van der Waals surface area contributed by atoms with E-state index in [1.54, 1.807) is 78.9 Å². The Balaban J connectivity index is 1.32. The fourth-order valence-electron chi connectivity index (χ4n) is 3.40. The summed E-state index contributed by atoms with van der Waals surface area (Å²) < 4.78 is 11.5. The molecule has 0 spiro atoms. The van der Waals surface area contributed by atoms with Crippen molar-refractivity contribution >= 4 is 64.1 Å². The second-order valence-electron chi connectivity index (χ2n) is 8.28. The molecule has 0 aliphatic rings. The highest BCUT2D eigenvalue weighted by molar-refractivity contribution is 6.42. The molecule has 0 atom stereocenters. The molecule has 0 bridgehead atoms. The molecule has 4 aromatic carbocycles. The molecule has 0 fully saturated rings. The smallest absolute Gasteiger partial charge is 0.266 e. The van der Waals surface area contributed by atoms with E-state index in [-0.39, 0.29) is 12.2 Å². The fraction of sp³-hybridized carbons (Fsp3) is 0.0667. The Morgan fingerprint density at radius 3 is 2.08 bits per heavy atom. The predicted octanol–water partition coefficient (Wildman–Crippen LogP) is 9.00. The van der Waals surface area contributed by atoms with Gasteiger partial charge in [-0.15, -0.1) is 0 Å². The average molecular weight is 598 g/mol. The van der Waals surface area contributed by atoms with E-state index in [2.05, 4.69) is 5.32 Å². The maximum absolute atomic E-state index is 12.7. The number of carbonyl (C=O) groups excluding carboxylic acids is 1. The third-order valence-electron chi connectivity index (χ3n) is 5.47. The van der Waals surface area contributed by atoms with Gasteiger partial charge in [-0.1, -0.05) is 70.7 Å². The van der Waals surface area contributed by atoms with E-state index in [9.17, 15) is 10.1 Å². The van der Waals surface area contributed by atoms with Gasteiger partial charge in [0.1, 0.15) is 36.4 Å². The summed E-state index contributed by atoms with van der Waals surface area (Å²) in [6.07, 6.45) is 1.51. The molecular formula is C30H20Cl4N2O3. The van der Waals surface area contributed by atoms with Crippen molar-refractivity contribution in [1.29, 1.82) is 5.26 Å². The van der Waals surface area contributed by atoms with Crippen molar-refractivity contribution in [2.45, 2.75) is 13.2 Å². The molecule has 4 rings (SSSR count). The summed E-state index contributed by atoms with van der Waals surface area (Å²) in [5, 5.41) is 14.3. The van der Waals surface area contributed by atoms with Crippen LogP contribution >= 0.6 is 46.4 Å². The number of nitriles is 1. The third-order valence-corrected chi connectivity index (χ3v) is 6.79. The van der Waals surface area contributed by atoms with Gasteiger partial charge in [-0.05, 0) is 77.9 Å². The highest BCUT2D eigenvalue weighted by atomic mass is 35.5. The van der Waals surface area contributed by atoms with Crippen molar-refractivity contribution < 1.29 is 14.3 Å². The van der Waals surface area contributed by atoms with E-state index in [4.69, 9.17) is 55.9 Å². The summed E-state index contributed by atoms with van der Waals surface area (Å²) >= 11 is 24.1. The summed E-state index contributed by atoms with van der Waals surface area (Å²) in [7, 11) is 0. The number of amides is 1. The molecule has 4 aromatic rings. The lowest BCUT2D eigenvalue weighted by atomic mass is 10.1. The quantitative estimate of drug-likeness (QED) is 0.154. The molecule has 0 saturated heterocycles. The Labute approximate surface area is 246 Å². The van der Waals surface area contributed by atoms with Gasteiger partial charge in [0.05, 0.1) is 10.0 Å². The second-order valence-corrected chi connectivity index (χ2v) is 9.94. The minimum Gasteiger partial charge on any atom is -0.489 e. The number of carbonyl (C=O) groups is 1. The van der Waals surface area contributed by atoms with E-state index < -0.39 is 5.91 Å². The van der Waals surface area contributed by atoms with Crippen molar-refractivity contribution in [2.75, 3.05) is 5.32 Å². The Hall–Kier alpha value is -3.66. The topological polar surface area (TPSA) is 71.3 Å². The number of nitrogens with one attached hydrogen (secondary N) is 1. The summed E-state index contributed by atoms with van der Waals surface area (Å²) in [6.45, 7) is 0.582. The van der Waals surface area contributed by atoms with Gasteiger partial charge in [-0.3, -0.25) is 4.79 Å². The van der Waals surface area contributed by atoms with Gasteiger partial charge in [-0.2, -0.15) is 5.26 Å². The molecular weight excluding hydrogens is 578 g/mol. The maximum atomic E-state index is 12.7. The molecule has 1 N–H and O–H groups in total. The first-order valence-corrected chi connectivity index (χ1v) is 13.1. The Morgan fingerprint density at radius 2 is 1.44 bits per heavy atom. The highest BCUT2D eigenvalue weighted by Crippen LogP contribution is 2.25. The van der Waals surface area contributed by atoms with Gasteiger partial charge >= 0.3 is 0 Å². The molecule has 39 heavy (non-hydrogen) atoms. The normalized spacial score (nSPS) is 11.0. The Kier molecular flexibility index (Phi) is 9.75. The highest BCUT2D eigenvalue weighted by Gasteiger charge is 2.10. The van der Waals surface area contributed by atoms with Gasteiger partial charge in [0, 0.05) is 21.3 Å². The van der Waals surface area contributed by atoms with Crippen LogP contribution in [0.1, 0.15) is 16.7 Å². The van der Waals surface area contributed by atoms with Crippen LogP contribution in [0.4, 0.5) is 5.69 Å². The van der Waals surface area contributed by atoms with Crippen LogP contribution in [-0.2, 0) is 18.0 Å². The van der Waals surface area contributed by atoms with Crippen molar-refractivity contribution in [3.05, 3.63) is 127 Å². The first-order chi connectivity index (χ1) is 18.8. The number of halogens is 4. The van der Waals surface area contributed by atoms with Crippen molar-refractivity contribution in [1.82, 2.24) is 0 Å². The summed E-state index contributed by atoms with van der Waals surface area (Å²) in [4.78, 5) is 12.7. The minimum atomic E-state index is -0.529. The summed E-state index contributed by atoms with van der Waals surface area (Å²) in [5.74, 6) is 0.692. The average Bonchev–Trinajstić information content (AvgIpc) is 2.93. The van der Waals surface area contributed by atoms with E-state index in [0.29, 0.717) is 49.4 Å². The van der Waals surface area contributed by atoms with Crippen LogP contribution in [0.2, 0.25) is 20.1 Å². The number of hydrogen-bond acceptors (Lipinski definition) is 4. The number of hydrogen-bond donors (Lipinski definition) is 1. The molecule has 0 aromatic heterocycles. The van der Waals surface area contributed by atoms with Crippen LogP contribution in [0.15, 0.2) is 90.5 Å². The lowest BCUT2D eigenvalue weighted by Gasteiger charge is -2.10. The van der Waals surface area contributed by atoms with E-state index in [1.165, 1.54) is 6.08 Å². The Morgan fingerprint density at radius 1 is 0.769 bits per heavy atom. The number of ether oxygens (including phenoxy) is 2. The molecule has 196 valence electrons. The van der Waals surface area contributed by atoms with Crippen LogP contribution in [0.3, 0.4) is 0 Å². The van der Waals surface area contributed by atoms with E-state index >= 15 is 0 Å². The lowest BCUT2D eigenvalue weighted by molar-refractivity contribution is -0.112. The van der Waals surface area contributed by atoms with E-state index in [1.807, 2.05) is 12.1 Å². The van der Waals surface area contributed by atoms with Crippen LogP contribution in [0, 0.1) is 11.3 Å². The minimum absolute atomic E-state index is 0.0443. The zero-order valence-electron chi connectivity index (χ0n) is 20.3. The van der Waals surface area contributed by atoms with Gasteiger partial charge in [0.2, 0.25) is 0 Å². The van der Waals surface area contributed by atoms with Crippen molar-refractivity contribution in [2.24, 2.45) is 0 Å². The summed E-state index contributed by atoms with van der Waals surface area (Å²) in [6, 6.07) is 26.3. The van der Waals surface area contributed by atoms with E-state index in [0.717, 1.165) is 11.1 Å². The predicted molar refractivity (Wildman–Crippen MR) is 157 cm³/mol. The third kappa shape index (κ3) is 8.16. The molecule has 0 saturated carbocycles. The number of nitrogens with zero attached hydrogens (tertiary/aromatic N) is 1. The molecule has 0 aliphatic heterocycles. The van der Waals surface area contributed by atoms with Gasteiger partial charge in [-0.25, -0.2) is 0 Å². The van der Waals surface area contributed by atoms with Crippen LogP contribution in [-0.4, -0.2) is 5.91 Å². The monoisotopic (exact) mass is 596 g/mol. The lowest BCUT2D eigenvalue weighted by Crippen LogP contribution is -2.13. The molecule has 0 radical (unpaired) electrons. The molecule has 0 aliphatic carbocycles. The molecule has 9 heteroatoms. The molecule has 0 unspecified atom stereocenters. The standard InChI is InChI=1S/C30H20Cl4N2O3/c31-23-5-4-21(28(33)15-23)18-39-26-10-6-24(7-11-26)36-30(37)22(16-35)13-19-1-8-25(9-2-19)38-17-20-3-12-27(32)29(34)14-20/h1-15H,17-18H2,(H,36,37)/b22-13+. The van der Waals surface area contributed by atoms with Crippen LogP contribution in [0.25, 0.3) is 6.08 Å². The molecule has 5 nitrogen and oxygen atoms in total. The summed E-state index contributed by atoms with van der Waals surface area (Å²) in [5.41, 5.74) is 2.82. The number of benzene rings is 4. The largest absolute Gasteiger partial charge is 0.489 e. The van der Waals surface area contributed by atoms with Gasteiger partial charge in [0.15, 0.2) is 0 Å².